The Morgan fingerprint density at radius 2 is 2.25 bits per heavy atom. The number of aliphatic hydroxyl groups excluding tert-OH is 1. The van der Waals surface area contributed by atoms with E-state index in [1.807, 2.05) is 0 Å². The number of hydrogen-bond acceptors (Lipinski definition) is 3. The molecule has 0 spiro atoms. The van der Waals surface area contributed by atoms with Crippen LogP contribution in [0.15, 0.2) is 22.7 Å². The predicted octanol–water partition coefficient (Wildman–Crippen LogP) is 3.16. The number of nitrogens with one attached hydrogen (secondary N) is 1. The van der Waals surface area contributed by atoms with Crippen molar-refractivity contribution < 1.29 is 5.11 Å². The van der Waals surface area contributed by atoms with Crippen LogP contribution in [0.5, 0.6) is 0 Å². The zero-order valence-corrected chi connectivity index (χ0v) is 14.0. The summed E-state index contributed by atoms with van der Waals surface area (Å²) in [5.74, 6) is 0.405. The van der Waals surface area contributed by atoms with Crippen LogP contribution in [0.3, 0.4) is 0 Å². The van der Waals surface area contributed by atoms with Crippen LogP contribution in [0.2, 0.25) is 0 Å². The molecule has 0 amide bonds. The molecule has 0 bridgehead atoms. The molecule has 1 aliphatic heterocycles. The van der Waals surface area contributed by atoms with Crippen LogP contribution in [-0.2, 0) is 6.54 Å². The smallest absolute Gasteiger partial charge is 0.0741 e. The Balaban J connectivity index is 2.02. The van der Waals surface area contributed by atoms with E-state index in [0.717, 1.165) is 43.5 Å². The zero-order chi connectivity index (χ0) is 14.5. The molecule has 1 fully saturated rings. The van der Waals surface area contributed by atoms with E-state index in [4.69, 9.17) is 0 Å². The topological polar surface area (TPSA) is 35.5 Å². The Morgan fingerprint density at radius 3 is 2.90 bits per heavy atom. The SMILES string of the molecule is CCCNCc1ccc(N2CCC(C)C(O)C2)c(Br)c1. The Morgan fingerprint density at radius 1 is 1.45 bits per heavy atom. The summed E-state index contributed by atoms with van der Waals surface area (Å²) in [6.07, 6.45) is 1.98. The van der Waals surface area contributed by atoms with Crippen molar-refractivity contribution in [3.63, 3.8) is 0 Å². The number of β-amino-alcohol motifs (C(OH)–C–C–N with tert-alkyl or cyclic N) is 1. The molecule has 112 valence electrons. The summed E-state index contributed by atoms with van der Waals surface area (Å²) in [5, 5.41) is 13.4. The van der Waals surface area contributed by atoms with Crippen molar-refractivity contribution in [1.29, 1.82) is 0 Å². The lowest BCUT2D eigenvalue weighted by molar-refractivity contribution is 0.103. The Hall–Kier alpha value is -0.580. The van der Waals surface area contributed by atoms with Crippen LogP contribution >= 0.6 is 15.9 Å². The van der Waals surface area contributed by atoms with Gasteiger partial charge in [0.05, 0.1) is 11.8 Å². The molecule has 4 heteroatoms. The number of hydrogen-bond donors (Lipinski definition) is 2. The van der Waals surface area contributed by atoms with Crippen molar-refractivity contribution >= 4 is 21.6 Å². The van der Waals surface area contributed by atoms with Crippen LogP contribution in [0.25, 0.3) is 0 Å². The molecule has 1 aromatic rings. The summed E-state index contributed by atoms with van der Waals surface area (Å²) >= 11 is 3.68. The second-order valence-corrected chi connectivity index (χ2v) is 6.60. The van der Waals surface area contributed by atoms with Crippen molar-refractivity contribution in [3.05, 3.63) is 28.2 Å². The molecule has 3 nitrogen and oxygen atoms in total. The summed E-state index contributed by atoms with van der Waals surface area (Å²) in [4.78, 5) is 2.28. The third kappa shape index (κ3) is 3.96. The predicted molar refractivity (Wildman–Crippen MR) is 88.1 cm³/mol. The molecule has 0 radical (unpaired) electrons. The highest BCUT2D eigenvalue weighted by Crippen LogP contribution is 2.30. The summed E-state index contributed by atoms with van der Waals surface area (Å²) in [6.45, 7) is 8.01. The van der Waals surface area contributed by atoms with Crippen molar-refractivity contribution in [1.82, 2.24) is 5.32 Å². The van der Waals surface area contributed by atoms with Crippen molar-refractivity contribution in [2.75, 3.05) is 24.5 Å². The van der Waals surface area contributed by atoms with Crippen LogP contribution in [0.4, 0.5) is 5.69 Å². The lowest BCUT2D eigenvalue weighted by atomic mass is 9.95. The van der Waals surface area contributed by atoms with Crippen LogP contribution in [0, 0.1) is 5.92 Å². The fourth-order valence-electron chi connectivity index (χ4n) is 2.59. The van der Waals surface area contributed by atoms with Gasteiger partial charge < -0.3 is 15.3 Å². The van der Waals surface area contributed by atoms with Gasteiger partial charge in [0.25, 0.3) is 0 Å². The van der Waals surface area contributed by atoms with Gasteiger partial charge in [-0.25, -0.2) is 0 Å². The van der Waals surface area contributed by atoms with Gasteiger partial charge in [0.1, 0.15) is 0 Å². The first-order valence-electron chi connectivity index (χ1n) is 7.54. The minimum Gasteiger partial charge on any atom is -0.391 e. The molecule has 1 aromatic carbocycles. The Kier molecular flexibility index (Phi) is 5.87. The largest absolute Gasteiger partial charge is 0.391 e. The first-order valence-corrected chi connectivity index (χ1v) is 8.33. The lowest BCUT2D eigenvalue weighted by Crippen LogP contribution is -2.43. The van der Waals surface area contributed by atoms with Crippen LogP contribution in [0.1, 0.15) is 32.3 Å². The second-order valence-electron chi connectivity index (χ2n) is 5.74. The number of aliphatic hydroxyl groups is 1. The summed E-state index contributed by atoms with van der Waals surface area (Å²) < 4.78 is 1.12. The lowest BCUT2D eigenvalue weighted by Gasteiger charge is -2.36. The standard InChI is InChI=1S/C16H25BrN2O/c1-3-7-18-10-13-4-5-15(14(17)9-13)19-8-6-12(2)16(20)11-19/h4-5,9,12,16,18,20H,3,6-8,10-11H2,1-2H3. The maximum atomic E-state index is 10.0. The van der Waals surface area contributed by atoms with E-state index in [2.05, 4.69) is 58.2 Å². The van der Waals surface area contributed by atoms with E-state index in [0.29, 0.717) is 5.92 Å². The number of anilines is 1. The van der Waals surface area contributed by atoms with Gasteiger partial charge in [-0.1, -0.05) is 19.9 Å². The molecule has 1 aliphatic rings. The van der Waals surface area contributed by atoms with Gasteiger partial charge in [0.2, 0.25) is 0 Å². The van der Waals surface area contributed by atoms with Crippen LogP contribution in [-0.4, -0.2) is 30.8 Å². The molecule has 2 atom stereocenters. The number of rotatable bonds is 5. The van der Waals surface area contributed by atoms with Crippen LogP contribution < -0.4 is 10.2 Å². The van der Waals surface area contributed by atoms with Gasteiger partial charge in [0, 0.05) is 24.1 Å². The fourth-order valence-corrected chi connectivity index (χ4v) is 3.27. The molecule has 1 saturated heterocycles. The quantitative estimate of drug-likeness (QED) is 0.808. The molecule has 2 rings (SSSR count). The summed E-state index contributed by atoms with van der Waals surface area (Å²) in [5.41, 5.74) is 2.48. The Bertz CT molecular complexity index is 438. The van der Waals surface area contributed by atoms with E-state index in [-0.39, 0.29) is 6.10 Å². The maximum absolute atomic E-state index is 10.0. The molecule has 2 unspecified atom stereocenters. The molecular formula is C16H25BrN2O. The molecule has 0 aliphatic carbocycles. The van der Waals surface area contributed by atoms with Gasteiger partial charge >= 0.3 is 0 Å². The average Bonchev–Trinajstić information content (AvgIpc) is 2.43. The molecule has 20 heavy (non-hydrogen) atoms. The molecule has 0 saturated carbocycles. The van der Waals surface area contributed by atoms with E-state index in [9.17, 15) is 5.11 Å². The van der Waals surface area contributed by atoms with E-state index < -0.39 is 0 Å². The van der Waals surface area contributed by atoms with Gasteiger partial charge in [-0.05, 0) is 58.9 Å². The summed E-state index contributed by atoms with van der Waals surface area (Å²) in [7, 11) is 0. The van der Waals surface area contributed by atoms with Crippen molar-refractivity contribution in [2.24, 2.45) is 5.92 Å². The summed E-state index contributed by atoms with van der Waals surface area (Å²) in [6, 6.07) is 6.52. The highest BCUT2D eigenvalue weighted by atomic mass is 79.9. The average molecular weight is 341 g/mol. The Labute approximate surface area is 130 Å². The first-order chi connectivity index (χ1) is 9.61. The monoisotopic (exact) mass is 340 g/mol. The molecule has 2 N–H and O–H groups in total. The molecule has 1 heterocycles. The van der Waals surface area contributed by atoms with E-state index in [1.54, 1.807) is 0 Å². The number of benzene rings is 1. The third-order valence-electron chi connectivity index (χ3n) is 4.03. The van der Waals surface area contributed by atoms with Gasteiger partial charge in [-0.15, -0.1) is 0 Å². The molecular weight excluding hydrogens is 316 g/mol. The van der Waals surface area contributed by atoms with Gasteiger partial charge in [-0.3, -0.25) is 0 Å². The first kappa shape index (κ1) is 15.8. The second kappa shape index (κ2) is 7.43. The molecule has 0 aromatic heterocycles. The van der Waals surface area contributed by atoms with E-state index in [1.165, 1.54) is 11.3 Å². The van der Waals surface area contributed by atoms with Gasteiger partial charge in [-0.2, -0.15) is 0 Å². The highest BCUT2D eigenvalue weighted by Gasteiger charge is 2.25. The third-order valence-corrected chi connectivity index (χ3v) is 4.66. The highest BCUT2D eigenvalue weighted by molar-refractivity contribution is 9.10. The number of nitrogens with zero attached hydrogens (tertiary/aromatic N) is 1. The zero-order valence-electron chi connectivity index (χ0n) is 12.4. The fraction of sp³-hybridized carbons (Fsp3) is 0.625. The number of halogens is 1. The normalized spacial score (nSPS) is 23.1. The van der Waals surface area contributed by atoms with Gasteiger partial charge in [0.15, 0.2) is 0 Å². The minimum atomic E-state index is -0.221. The number of piperidine rings is 1. The van der Waals surface area contributed by atoms with Crippen molar-refractivity contribution in [3.8, 4) is 0 Å². The minimum absolute atomic E-state index is 0.221. The van der Waals surface area contributed by atoms with E-state index >= 15 is 0 Å². The van der Waals surface area contributed by atoms with Crippen molar-refractivity contribution in [2.45, 2.75) is 39.3 Å². The maximum Gasteiger partial charge on any atom is 0.0741 e.